The monoisotopic (exact) mass is 431 g/mol. The minimum absolute atomic E-state index is 0.0709. The van der Waals surface area contributed by atoms with Gasteiger partial charge in [0, 0.05) is 36.6 Å². The summed E-state index contributed by atoms with van der Waals surface area (Å²) in [6.07, 6.45) is 3.96. The number of nitrogens with zero attached hydrogens (tertiary/aromatic N) is 3. The molecule has 1 fully saturated rings. The van der Waals surface area contributed by atoms with Crippen LogP contribution in [0.2, 0.25) is 0 Å². The molecule has 7 heteroatoms. The third-order valence-electron chi connectivity index (χ3n) is 5.45. The molecule has 0 radical (unpaired) electrons. The van der Waals surface area contributed by atoms with E-state index in [1.54, 1.807) is 19.4 Å². The topological polar surface area (TPSA) is 97.5 Å². The highest BCUT2D eigenvalue weighted by Gasteiger charge is 2.17. The second-order valence-electron chi connectivity index (χ2n) is 7.59. The third kappa shape index (κ3) is 5.05. The summed E-state index contributed by atoms with van der Waals surface area (Å²) < 4.78 is 16.8. The molecule has 7 nitrogen and oxygen atoms in total. The van der Waals surface area contributed by atoms with E-state index in [2.05, 4.69) is 16.0 Å². The second-order valence-corrected chi connectivity index (χ2v) is 7.59. The summed E-state index contributed by atoms with van der Waals surface area (Å²) in [6, 6.07) is 15.3. The minimum Gasteiger partial charge on any atom is -0.496 e. The van der Waals surface area contributed by atoms with Crippen LogP contribution in [-0.4, -0.2) is 41.5 Å². The third-order valence-corrected chi connectivity index (χ3v) is 5.45. The van der Waals surface area contributed by atoms with Gasteiger partial charge in [-0.1, -0.05) is 12.1 Å². The van der Waals surface area contributed by atoms with E-state index in [-0.39, 0.29) is 12.7 Å². The van der Waals surface area contributed by atoms with E-state index in [1.807, 2.05) is 36.4 Å². The molecule has 4 rings (SSSR count). The van der Waals surface area contributed by atoms with Crippen LogP contribution in [0.15, 0.2) is 48.7 Å². The Hall–Kier alpha value is -3.47. The molecule has 1 aliphatic heterocycles. The van der Waals surface area contributed by atoms with Gasteiger partial charge in [-0.05, 0) is 35.9 Å². The maximum Gasteiger partial charge on any atom is 0.137 e. The number of aromatic nitrogens is 2. The van der Waals surface area contributed by atoms with Gasteiger partial charge in [-0.15, -0.1) is 0 Å². The van der Waals surface area contributed by atoms with Crippen molar-refractivity contribution in [1.29, 1.82) is 5.26 Å². The summed E-state index contributed by atoms with van der Waals surface area (Å²) in [5, 5.41) is 19.0. The number of aliphatic hydroxyl groups is 1. The standard InChI is InChI=1S/C25H25N3O4/c1-30-24-12-17(2-3-19(24)16-29)13-25-27-9-6-22(28-25)18-4-5-23(20(14-18)15-26)32-21-7-10-31-11-8-21/h2-6,9,12,14,21,29H,7-8,10-11,13,16H2,1H3. The number of nitriles is 1. The summed E-state index contributed by atoms with van der Waals surface area (Å²) in [5.74, 6) is 1.88. The number of rotatable bonds is 7. The summed E-state index contributed by atoms with van der Waals surface area (Å²) >= 11 is 0. The molecule has 1 saturated heterocycles. The quantitative estimate of drug-likeness (QED) is 0.610. The van der Waals surface area contributed by atoms with Crippen molar-refractivity contribution >= 4 is 0 Å². The second kappa shape index (κ2) is 10.2. The maximum absolute atomic E-state index is 9.64. The Labute approximate surface area is 187 Å². The molecule has 1 aliphatic rings. The minimum atomic E-state index is -0.0785. The lowest BCUT2D eigenvalue weighted by molar-refractivity contribution is 0.0254. The average molecular weight is 431 g/mol. The Bertz CT molecular complexity index is 1120. The van der Waals surface area contributed by atoms with Crippen molar-refractivity contribution in [3.63, 3.8) is 0 Å². The summed E-state index contributed by atoms with van der Waals surface area (Å²) in [5.41, 5.74) is 3.77. The molecule has 2 heterocycles. The molecular weight excluding hydrogens is 406 g/mol. The predicted molar refractivity (Wildman–Crippen MR) is 118 cm³/mol. The van der Waals surface area contributed by atoms with Crippen LogP contribution in [0.1, 0.15) is 35.4 Å². The van der Waals surface area contributed by atoms with Crippen LogP contribution in [0.3, 0.4) is 0 Å². The first kappa shape index (κ1) is 21.8. The van der Waals surface area contributed by atoms with Gasteiger partial charge in [0.15, 0.2) is 0 Å². The Balaban J connectivity index is 1.54. The van der Waals surface area contributed by atoms with Crippen molar-refractivity contribution < 1.29 is 19.3 Å². The lowest BCUT2D eigenvalue weighted by Crippen LogP contribution is -2.26. The molecule has 1 N–H and O–H groups in total. The predicted octanol–water partition coefficient (Wildman–Crippen LogP) is 3.66. The molecule has 0 amide bonds. The Morgan fingerprint density at radius 1 is 1.12 bits per heavy atom. The van der Waals surface area contributed by atoms with Crippen LogP contribution in [0.25, 0.3) is 11.3 Å². The Morgan fingerprint density at radius 2 is 1.97 bits per heavy atom. The largest absolute Gasteiger partial charge is 0.496 e. The van der Waals surface area contributed by atoms with Gasteiger partial charge in [-0.25, -0.2) is 9.97 Å². The Morgan fingerprint density at radius 3 is 2.72 bits per heavy atom. The highest BCUT2D eigenvalue weighted by molar-refractivity contribution is 5.64. The Kier molecular flexibility index (Phi) is 6.95. The molecule has 2 aromatic carbocycles. The molecule has 0 atom stereocenters. The molecule has 0 spiro atoms. The van der Waals surface area contributed by atoms with Crippen LogP contribution < -0.4 is 9.47 Å². The smallest absolute Gasteiger partial charge is 0.137 e. The van der Waals surface area contributed by atoms with Gasteiger partial charge < -0.3 is 19.3 Å². The molecule has 0 bridgehead atoms. The first-order valence-corrected chi connectivity index (χ1v) is 10.6. The summed E-state index contributed by atoms with van der Waals surface area (Å²) in [7, 11) is 1.58. The molecular formula is C25H25N3O4. The molecule has 3 aromatic rings. The van der Waals surface area contributed by atoms with Crippen molar-refractivity contribution in [2.75, 3.05) is 20.3 Å². The van der Waals surface area contributed by atoms with E-state index in [9.17, 15) is 10.4 Å². The lowest BCUT2D eigenvalue weighted by atomic mass is 10.1. The number of hydrogen-bond acceptors (Lipinski definition) is 7. The number of hydrogen-bond donors (Lipinski definition) is 1. The van der Waals surface area contributed by atoms with Gasteiger partial charge in [0.05, 0.1) is 38.2 Å². The highest BCUT2D eigenvalue weighted by Crippen LogP contribution is 2.28. The molecule has 0 unspecified atom stereocenters. The van der Waals surface area contributed by atoms with Crippen LogP contribution in [0.5, 0.6) is 11.5 Å². The van der Waals surface area contributed by atoms with E-state index in [0.717, 1.165) is 35.2 Å². The fourth-order valence-electron chi connectivity index (χ4n) is 3.71. The van der Waals surface area contributed by atoms with Crippen molar-refractivity contribution in [1.82, 2.24) is 9.97 Å². The zero-order valence-electron chi connectivity index (χ0n) is 18.0. The van der Waals surface area contributed by atoms with E-state index in [0.29, 0.717) is 42.5 Å². The average Bonchev–Trinajstić information content (AvgIpc) is 2.85. The van der Waals surface area contributed by atoms with Gasteiger partial charge in [-0.2, -0.15) is 5.26 Å². The van der Waals surface area contributed by atoms with Gasteiger partial charge >= 0.3 is 0 Å². The van der Waals surface area contributed by atoms with Crippen molar-refractivity contribution in [2.45, 2.75) is 32.0 Å². The summed E-state index contributed by atoms with van der Waals surface area (Å²) in [6.45, 7) is 1.29. The van der Waals surface area contributed by atoms with Gasteiger partial charge in [0.25, 0.3) is 0 Å². The number of benzene rings is 2. The van der Waals surface area contributed by atoms with E-state index in [1.165, 1.54) is 0 Å². The lowest BCUT2D eigenvalue weighted by Gasteiger charge is -2.23. The fraction of sp³-hybridized carbons (Fsp3) is 0.320. The van der Waals surface area contributed by atoms with Crippen LogP contribution in [0.4, 0.5) is 0 Å². The first-order valence-electron chi connectivity index (χ1n) is 10.6. The normalized spacial score (nSPS) is 14.0. The number of ether oxygens (including phenoxy) is 3. The van der Waals surface area contributed by atoms with Crippen molar-refractivity contribution in [3.8, 4) is 28.8 Å². The zero-order valence-corrected chi connectivity index (χ0v) is 18.0. The number of methoxy groups -OCH3 is 1. The number of aliphatic hydroxyl groups excluding tert-OH is 1. The van der Waals surface area contributed by atoms with E-state index < -0.39 is 0 Å². The fourth-order valence-corrected chi connectivity index (χ4v) is 3.71. The maximum atomic E-state index is 9.64. The van der Waals surface area contributed by atoms with Gasteiger partial charge in [0.2, 0.25) is 0 Å². The SMILES string of the molecule is COc1cc(Cc2nccc(-c3ccc(OC4CCOCC4)c(C#N)c3)n2)ccc1CO. The van der Waals surface area contributed by atoms with Crippen LogP contribution >= 0.6 is 0 Å². The summed E-state index contributed by atoms with van der Waals surface area (Å²) in [4.78, 5) is 9.08. The van der Waals surface area contributed by atoms with Crippen molar-refractivity contribution in [3.05, 3.63) is 71.2 Å². The van der Waals surface area contributed by atoms with Gasteiger partial charge in [-0.3, -0.25) is 0 Å². The van der Waals surface area contributed by atoms with E-state index >= 15 is 0 Å². The molecule has 0 aliphatic carbocycles. The molecule has 0 saturated carbocycles. The molecule has 32 heavy (non-hydrogen) atoms. The first-order chi connectivity index (χ1) is 15.7. The molecule has 164 valence electrons. The van der Waals surface area contributed by atoms with E-state index in [4.69, 9.17) is 14.2 Å². The zero-order chi connectivity index (χ0) is 22.3. The van der Waals surface area contributed by atoms with Crippen LogP contribution in [0, 0.1) is 11.3 Å². The molecule has 1 aromatic heterocycles. The van der Waals surface area contributed by atoms with Crippen LogP contribution in [-0.2, 0) is 17.8 Å². The highest BCUT2D eigenvalue weighted by atomic mass is 16.5. The van der Waals surface area contributed by atoms with Crippen molar-refractivity contribution in [2.24, 2.45) is 0 Å². The van der Waals surface area contributed by atoms with Gasteiger partial charge in [0.1, 0.15) is 29.5 Å².